The van der Waals surface area contributed by atoms with Gasteiger partial charge in [0.1, 0.15) is 0 Å². The first-order valence-corrected chi connectivity index (χ1v) is 15.5. The molecule has 1 aromatic heterocycles. The predicted molar refractivity (Wildman–Crippen MR) is 172 cm³/mol. The van der Waals surface area contributed by atoms with E-state index in [0.717, 1.165) is 38.3 Å². The maximum atomic E-state index is 15.5. The Bertz CT molecular complexity index is 1800. The van der Waals surface area contributed by atoms with Gasteiger partial charge in [0.25, 0.3) is 0 Å². The van der Waals surface area contributed by atoms with Crippen LogP contribution in [0, 0.1) is 0 Å². The third-order valence-electron chi connectivity index (χ3n) is 7.88. The zero-order valence-electron chi connectivity index (χ0n) is 23.5. The van der Waals surface area contributed by atoms with Crippen LogP contribution in [0.3, 0.4) is 0 Å². The summed E-state index contributed by atoms with van der Waals surface area (Å²) in [5, 5.41) is 3.71. The molecular formula is C37H34NOP. The van der Waals surface area contributed by atoms with Gasteiger partial charge in [0.2, 0.25) is 0 Å². The molecule has 1 heterocycles. The van der Waals surface area contributed by atoms with Crippen molar-refractivity contribution in [3.8, 4) is 22.4 Å². The zero-order valence-corrected chi connectivity index (χ0v) is 24.4. The molecule has 0 aliphatic rings. The Labute approximate surface area is 237 Å². The van der Waals surface area contributed by atoms with E-state index in [2.05, 4.69) is 99.1 Å². The molecule has 6 aromatic rings. The minimum Gasteiger partial charge on any atom is -0.343 e. The maximum Gasteiger partial charge on any atom is 0.171 e. The molecule has 40 heavy (non-hydrogen) atoms. The predicted octanol–water partition coefficient (Wildman–Crippen LogP) is 8.45. The van der Waals surface area contributed by atoms with Crippen molar-refractivity contribution in [2.24, 2.45) is 7.05 Å². The number of benzene rings is 5. The minimum absolute atomic E-state index is 0.0741. The van der Waals surface area contributed by atoms with Crippen LogP contribution in [0.15, 0.2) is 133 Å². The summed E-state index contributed by atoms with van der Waals surface area (Å²) in [6.07, 6.45) is 0. The lowest BCUT2D eigenvalue weighted by molar-refractivity contribution is 0.590. The third kappa shape index (κ3) is 4.34. The van der Waals surface area contributed by atoms with Crippen molar-refractivity contribution in [2.75, 3.05) is 0 Å². The monoisotopic (exact) mass is 539 g/mol. The van der Waals surface area contributed by atoms with E-state index in [1.165, 1.54) is 16.5 Å². The SMILES string of the molecule is Cn1c(-c2ccccc2P(=O)(c2ccccc2)c2ccccc2)c(-c2ccc(C(C)(C)C)cc2)c2ccccc21. The first kappa shape index (κ1) is 26.1. The van der Waals surface area contributed by atoms with Gasteiger partial charge in [-0.05, 0) is 22.6 Å². The molecule has 0 N–H and O–H groups in total. The van der Waals surface area contributed by atoms with Crippen molar-refractivity contribution in [1.29, 1.82) is 0 Å². The average Bonchev–Trinajstić information content (AvgIpc) is 3.29. The minimum atomic E-state index is -3.20. The molecule has 0 spiro atoms. The Hall–Kier alpha value is -4.13. The number of fused-ring (bicyclic) bond motifs is 1. The van der Waals surface area contributed by atoms with Gasteiger partial charge in [-0.25, -0.2) is 0 Å². The number of nitrogens with zero attached hydrogens (tertiary/aromatic N) is 1. The van der Waals surface area contributed by atoms with Crippen LogP contribution in [0.1, 0.15) is 26.3 Å². The first-order valence-electron chi connectivity index (χ1n) is 13.8. The van der Waals surface area contributed by atoms with Crippen molar-refractivity contribution in [2.45, 2.75) is 26.2 Å². The van der Waals surface area contributed by atoms with E-state index in [1.807, 2.05) is 66.7 Å². The molecule has 0 aliphatic carbocycles. The average molecular weight is 540 g/mol. The summed E-state index contributed by atoms with van der Waals surface area (Å²) in [6.45, 7) is 6.73. The number of rotatable bonds is 5. The normalized spacial score (nSPS) is 12.1. The van der Waals surface area contributed by atoms with Crippen molar-refractivity contribution in [3.63, 3.8) is 0 Å². The molecule has 198 valence electrons. The van der Waals surface area contributed by atoms with E-state index >= 15 is 4.57 Å². The second kappa shape index (κ2) is 10.1. The second-order valence-electron chi connectivity index (χ2n) is 11.4. The molecule has 2 nitrogen and oxygen atoms in total. The summed E-state index contributed by atoms with van der Waals surface area (Å²) in [5.74, 6) is 0. The van der Waals surface area contributed by atoms with Crippen LogP contribution in [0.2, 0.25) is 0 Å². The van der Waals surface area contributed by atoms with Gasteiger partial charge in [-0.3, -0.25) is 0 Å². The lowest BCUT2D eigenvalue weighted by Gasteiger charge is -2.24. The summed E-state index contributed by atoms with van der Waals surface area (Å²) in [6, 6.07) is 45.6. The Morgan fingerprint density at radius 2 is 1.12 bits per heavy atom. The number of hydrogen-bond donors (Lipinski definition) is 0. The van der Waals surface area contributed by atoms with Gasteiger partial charge in [0.05, 0.1) is 5.69 Å². The van der Waals surface area contributed by atoms with Crippen LogP contribution in [0.5, 0.6) is 0 Å². The van der Waals surface area contributed by atoms with Gasteiger partial charge in [-0.1, -0.05) is 148 Å². The Morgan fingerprint density at radius 3 is 1.73 bits per heavy atom. The molecule has 0 saturated carbocycles. The molecule has 0 saturated heterocycles. The van der Waals surface area contributed by atoms with Gasteiger partial charge in [0, 0.05) is 45.0 Å². The highest BCUT2D eigenvalue weighted by atomic mass is 31.2. The van der Waals surface area contributed by atoms with E-state index in [4.69, 9.17) is 0 Å². The number of hydrogen-bond acceptors (Lipinski definition) is 1. The summed E-state index contributed by atoms with van der Waals surface area (Å²) in [7, 11) is -1.07. The number of aromatic nitrogens is 1. The maximum absolute atomic E-state index is 15.5. The smallest absolute Gasteiger partial charge is 0.171 e. The van der Waals surface area contributed by atoms with E-state index in [0.29, 0.717) is 0 Å². The molecule has 3 heteroatoms. The number of aryl methyl sites for hydroxylation is 1. The van der Waals surface area contributed by atoms with Crippen LogP contribution in [0.4, 0.5) is 0 Å². The van der Waals surface area contributed by atoms with Crippen LogP contribution in [-0.4, -0.2) is 4.57 Å². The zero-order chi connectivity index (χ0) is 27.9. The van der Waals surface area contributed by atoms with Crippen molar-refractivity contribution >= 4 is 34.0 Å². The van der Waals surface area contributed by atoms with Gasteiger partial charge in [-0.2, -0.15) is 0 Å². The highest BCUT2D eigenvalue weighted by Crippen LogP contribution is 2.48. The first-order chi connectivity index (χ1) is 19.3. The van der Waals surface area contributed by atoms with Gasteiger partial charge in [-0.15, -0.1) is 0 Å². The van der Waals surface area contributed by atoms with Crippen LogP contribution in [0.25, 0.3) is 33.3 Å². The molecule has 0 bridgehead atoms. The largest absolute Gasteiger partial charge is 0.343 e. The second-order valence-corrected chi connectivity index (χ2v) is 14.2. The van der Waals surface area contributed by atoms with Crippen LogP contribution < -0.4 is 15.9 Å². The third-order valence-corrected chi connectivity index (χ3v) is 11.0. The van der Waals surface area contributed by atoms with Crippen molar-refractivity contribution in [3.05, 3.63) is 139 Å². The Balaban J connectivity index is 1.68. The van der Waals surface area contributed by atoms with Gasteiger partial charge in [0.15, 0.2) is 7.14 Å². The quantitative estimate of drug-likeness (QED) is 0.202. The highest BCUT2D eigenvalue weighted by molar-refractivity contribution is 7.85. The Kier molecular flexibility index (Phi) is 6.61. The summed E-state index contributed by atoms with van der Waals surface area (Å²) in [5.41, 5.74) is 6.92. The van der Waals surface area contributed by atoms with E-state index in [-0.39, 0.29) is 5.41 Å². The Morgan fingerprint density at radius 1 is 0.600 bits per heavy atom. The summed E-state index contributed by atoms with van der Waals surface area (Å²) >= 11 is 0. The molecule has 0 fully saturated rings. The molecule has 0 unspecified atom stereocenters. The fourth-order valence-electron chi connectivity index (χ4n) is 5.79. The van der Waals surface area contributed by atoms with Gasteiger partial charge >= 0.3 is 0 Å². The van der Waals surface area contributed by atoms with Gasteiger partial charge < -0.3 is 9.13 Å². The number of para-hydroxylation sites is 1. The summed E-state index contributed by atoms with van der Waals surface area (Å²) in [4.78, 5) is 0. The van der Waals surface area contributed by atoms with E-state index in [1.54, 1.807) is 0 Å². The topological polar surface area (TPSA) is 22.0 Å². The fourth-order valence-corrected chi connectivity index (χ4v) is 8.64. The molecule has 5 aromatic carbocycles. The lowest BCUT2D eigenvalue weighted by Crippen LogP contribution is -2.26. The molecule has 0 radical (unpaired) electrons. The van der Waals surface area contributed by atoms with E-state index in [9.17, 15) is 0 Å². The van der Waals surface area contributed by atoms with E-state index < -0.39 is 7.14 Å². The molecular weight excluding hydrogens is 505 g/mol. The molecule has 6 rings (SSSR count). The van der Waals surface area contributed by atoms with Crippen molar-refractivity contribution < 1.29 is 4.57 Å². The van der Waals surface area contributed by atoms with Crippen molar-refractivity contribution in [1.82, 2.24) is 4.57 Å². The van der Waals surface area contributed by atoms with Crippen LogP contribution >= 0.6 is 7.14 Å². The highest BCUT2D eigenvalue weighted by Gasteiger charge is 2.33. The van der Waals surface area contributed by atoms with Crippen LogP contribution in [-0.2, 0) is 17.0 Å². The summed E-state index contributed by atoms with van der Waals surface area (Å²) < 4.78 is 17.8. The molecule has 0 amide bonds. The standard InChI is InChI=1S/C37H34NOP/c1-37(2,3)28-25-23-27(24-26-28)35-31-19-11-13-21-33(31)38(4)36(35)32-20-12-14-22-34(32)40(39,29-15-7-5-8-16-29)30-17-9-6-10-18-30/h5-26H,1-4H3. The molecule has 0 atom stereocenters. The fraction of sp³-hybridized carbons (Fsp3) is 0.135. The lowest BCUT2D eigenvalue weighted by atomic mass is 9.86. The molecule has 0 aliphatic heterocycles.